The van der Waals surface area contributed by atoms with Crippen LogP contribution < -0.4 is 24.0 Å². The van der Waals surface area contributed by atoms with E-state index >= 15 is 0 Å². The van der Waals surface area contributed by atoms with Crippen molar-refractivity contribution >= 4 is 23.8 Å². The van der Waals surface area contributed by atoms with Gasteiger partial charge in [-0.1, -0.05) is 99.6 Å². The number of aryl methyl sites for hydroxylation is 2. The molecule has 0 saturated carbocycles. The summed E-state index contributed by atoms with van der Waals surface area (Å²) in [5.74, 6) is 0.976. The van der Waals surface area contributed by atoms with Crippen molar-refractivity contribution in [3.05, 3.63) is 161 Å². The molecule has 0 atom stereocenters. The molecule has 3 heterocycles. The molecule has 7 aromatic rings. The Morgan fingerprint density at radius 2 is 1.17 bits per heavy atom. The van der Waals surface area contributed by atoms with Crippen LogP contribution in [-0.4, -0.2) is 73.7 Å². The van der Waals surface area contributed by atoms with Gasteiger partial charge in [0.15, 0.2) is 6.61 Å². The van der Waals surface area contributed by atoms with Crippen LogP contribution in [0.1, 0.15) is 86.7 Å². The Kier molecular flexibility index (Phi) is 17.2. The molecule has 0 aliphatic rings. The number of alkyl halides is 3. The molecule has 0 amide bonds. The highest BCUT2D eigenvalue weighted by molar-refractivity contribution is 5.90. The van der Waals surface area contributed by atoms with Gasteiger partial charge >= 0.3 is 18.3 Å². The lowest BCUT2D eigenvalue weighted by Gasteiger charge is -2.24. The third kappa shape index (κ3) is 14.8. The summed E-state index contributed by atoms with van der Waals surface area (Å²) in [6.07, 6.45) is 4.99. The third-order valence-corrected chi connectivity index (χ3v) is 11.5. The van der Waals surface area contributed by atoms with Gasteiger partial charge in [-0.25, -0.2) is 29.5 Å². The molecular weight excluding hydrogens is 930 g/mol. The zero-order valence-electron chi connectivity index (χ0n) is 41.1. The number of nitrogens with zero attached hydrogens (tertiary/aromatic N) is 8. The number of hydrogen-bond donors (Lipinski definition) is 0. The van der Waals surface area contributed by atoms with Crippen molar-refractivity contribution in [3.63, 3.8) is 0 Å². The van der Waals surface area contributed by atoms with E-state index in [1.807, 2.05) is 86.6 Å². The van der Waals surface area contributed by atoms with Gasteiger partial charge in [0.1, 0.15) is 17.2 Å². The fourth-order valence-corrected chi connectivity index (χ4v) is 7.29. The summed E-state index contributed by atoms with van der Waals surface area (Å²) in [6, 6.07) is 28.1. The van der Waals surface area contributed by atoms with Gasteiger partial charge in [0.05, 0.1) is 0 Å². The number of carbonyl (C=O) groups is 2. The predicted octanol–water partition coefficient (Wildman–Crippen LogP) is 10.3. The Bertz CT molecular complexity index is 2840. The Morgan fingerprint density at radius 1 is 0.653 bits per heavy atom. The molecule has 0 aliphatic heterocycles. The lowest BCUT2D eigenvalue weighted by molar-refractivity contribution is -0.274. The van der Waals surface area contributed by atoms with Gasteiger partial charge in [0.2, 0.25) is 29.2 Å². The standard InChI is InChI=1S/C54H57F3N8O7/c1-7-37-29-58-51(59-30-37)64(33-40-13-19-43(20-14-40)48-62-49(36(3)4)72-63-48)27-25-39-15-21-44(22-16-39)70-53(5,6)50(67)69-47(66)35-68-46-12-10-9-11-42(46)26-28-65(52-60-31-38(8-2)32-61-52)34-41-17-23-45(24-18-41)71-54(55,56)57/h9-24,29-32,36H,7-8,25-28,33-35H2,1-6H3. The maximum absolute atomic E-state index is 13.3. The molecule has 376 valence electrons. The second-order valence-electron chi connectivity index (χ2n) is 17.7. The smallest absolute Gasteiger partial charge is 0.482 e. The average Bonchev–Trinajstić information content (AvgIpc) is 3.88. The quantitative estimate of drug-likeness (QED) is 0.0438. The number of halogens is 3. The normalized spacial score (nSPS) is 11.6. The SMILES string of the molecule is CCc1cnc(N(CCc2ccc(OC(C)(C)C(=O)OC(=O)COc3ccccc3CCN(Cc3ccc(OC(F)(F)F)cc3)c3ncc(CC)cn3)cc2)Cc2ccc(-c3noc(C(C)C)n3)cc2)nc1. The predicted molar refractivity (Wildman–Crippen MR) is 263 cm³/mol. The number of carbonyl (C=O) groups excluding carboxylic acids is 2. The lowest BCUT2D eigenvalue weighted by Crippen LogP contribution is -2.41. The molecule has 0 spiro atoms. The van der Waals surface area contributed by atoms with Crippen molar-refractivity contribution in [1.82, 2.24) is 30.1 Å². The van der Waals surface area contributed by atoms with Gasteiger partial charge in [-0.3, -0.25) is 0 Å². The van der Waals surface area contributed by atoms with Crippen LogP contribution in [0.2, 0.25) is 0 Å². The van der Waals surface area contributed by atoms with Gasteiger partial charge in [0.25, 0.3) is 0 Å². The van der Waals surface area contributed by atoms with Gasteiger partial charge < -0.3 is 33.3 Å². The number of ether oxygens (including phenoxy) is 4. The first-order chi connectivity index (χ1) is 34.5. The van der Waals surface area contributed by atoms with Gasteiger partial charge in [-0.2, -0.15) is 4.98 Å². The number of anilines is 2. The zero-order valence-corrected chi connectivity index (χ0v) is 41.1. The highest BCUT2D eigenvalue weighted by atomic mass is 19.4. The third-order valence-electron chi connectivity index (χ3n) is 11.5. The highest BCUT2D eigenvalue weighted by Crippen LogP contribution is 2.27. The molecule has 15 nitrogen and oxygen atoms in total. The van der Waals surface area contributed by atoms with Crippen molar-refractivity contribution in [3.8, 4) is 28.6 Å². The van der Waals surface area contributed by atoms with E-state index in [2.05, 4.69) is 46.6 Å². The number of rotatable bonds is 23. The number of benzene rings is 4. The van der Waals surface area contributed by atoms with Crippen molar-refractivity contribution in [2.75, 3.05) is 29.5 Å². The largest absolute Gasteiger partial charge is 0.573 e. The highest BCUT2D eigenvalue weighted by Gasteiger charge is 2.34. The first-order valence-corrected chi connectivity index (χ1v) is 23.7. The second kappa shape index (κ2) is 23.8. The van der Waals surface area contributed by atoms with Gasteiger partial charge in [0, 0.05) is 62.4 Å². The fourth-order valence-electron chi connectivity index (χ4n) is 7.29. The Labute approximate surface area is 416 Å². The summed E-state index contributed by atoms with van der Waals surface area (Å²) in [6.45, 7) is 12.4. The van der Waals surface area contributed by atoms with E-state index in [9.17, 15) is 22.8 Å². The Hall–Kier alpha value is -7.89. The fraction of sp³-hybridized carbons (Fsp3) is 0.333. The Balaban J connectivity index is 0.917. The number of aromatic nitrogens is 6. The van der Waals surface area contributed by atoms with Gasteiger partial charge in [-0.15, -0.1) is 13.2 Å². The van der Waals surface area contributed by atoms with Crippen LogP contribution in [0.15, 0.2) is 126 Å². The molecule has 0 fully saturated rings. The molecule has 72 heavy (non-hydrogen) atoms. The topological polar surface area (TPSA) is 168 Å². The zero-order chi connectivity index (χ0) is 51.3. The molecule has 0 saturated heterocycles. The minimum absolute atomic E-state index is 0.135. The van der Waals surface area contributed by atoms with E-state index in [1.54, 1.807) is 48.8 Å². The van der Waals surface area contributed by atoms with Crippen LogP contribution in [0.25, 0.3) is 11.4 Å². The van der Waals surface area contributed by atoms with Crippen molar-refractivity contribution in [2.24, 2.45) is 0 Å². The molecule has 0 bridgehead atoms. The monoisotopic (exact) mass is 986 g/mol. The molecule has 7 rings (SSSR count). The summed E-state index contributed by atoms with van der Waals surface area (Å²) in [5, 5.41) is 4.13. The summed E-state index contributed by atoms with van der Waals surface area (Å²) in [7, 11) is 0. The summed E-state index contributed by atoms with van der Waals surface area (Å²) in [4.78, 5) is 53.2. The summed E-state index contributed by atoms with van der Waals surface area (Å²) in [5.41, 5.74) is 4.83. The van der Waals surface area contributed by atoms with Crippen molar-refractivity contribution < 1.29 is 46.2 Å². The molecule has 4 aromatic carbocycles. The van der Waals surface area contributed by atoms with Crippen LogP contribution >= 0.6 is 0 Å². The first-order valence-electron chi connectivity index (χ1n) is 23.7. The van der Waals surface area contributed by atoms with Crippen molar-refractivity contribution in [1.29, 1.82) is 0 Å². The first kappa shape index (κ1) is 51.9. The van der Waals surface area contributed by atoms with Crippen LogP contribution in [-0.2, 0) is 53.1 Å². The van der Waals surface area contributed by atoms with Crippen LogP contribution in [0, 0.1) is 0 Å². The molecule has 0 aliphatic carbocycles. The Morgan fingerprint density at radius 3 is 1.69 bits per heavy atom. The van der Waals surface area contributed by atoms with Crippen molar-refractivity contribution in [2.45, 2.75) is 98.2 Å². The van der Waals surface area contributed by atoms with E-state index in [0.29, 0.717) is 73.2 Å². The second-order valence-corrected chi connectivity index (χ2v) is 17.7. The number of esters is 2. The summed E-state index contributed by atoms with van der Waals surface area (Å²) >= 11 is 0. The van der Waals surface area contributed by atoms with Crippen LogP contribution in [0.3, 0.4) is 0 Å². The van der Waals surface area contributed by atoms with Gasteiger partial charge in [-0.05, 0) is 103 Å². The van der Waals surface area contributed by atoms with Crippen LogP contribution in [0.5, 0.6) is 17.2 Å². The molecule has 0 unspecified atom stereocenters. The number of para-hydroxylation sites is 1. The van der Waals surface area contributed by atoms with E-state index < -0.39 is 30.5 Å². The average molecular weight is 987 g/mol. The molecule has 18 heteroatoms. The lowest BCUT2D eigenvalue weighted by atomic mass is 10.1. The van der Waals surface area contributed by atoms with E-state index in [0.717, 1.165) is 46.2 Å². The van der Waals surface area contributed by atoms with E-state index in [1.165, 1.54) is 26.0 Å². The minimum atomic E-state index is -4.80. The maximum atomic E-state index is 13.3. The number of hydrogen-bond acceptors (Lipinski definition) is 15. The molecular formula is C54H57F3N8O7. The minimum Gasteiger partial charge on any atom is -0.482 e. The maximum Gasteiger partial charge on any atom is 0.573 e. The summed E-state index contributed by atoms with van der Waals surface area (Å²) < 4.78 is 64.9. The van der Waals surface area contributed by atoms with E-state index in [-0.39, 0.29) is 18.2 Å². The van der Waals surface area contributed by atoms with Crippen LogP contribution in [0.4, 0.5) is 25.1 Å². The molecule has 0 N–H and O–H groups in total. The molecule has 0 radical (unpaired) electrons. The van der Waals surface area contributed by atoms with E-state index in [4.69, 9.17) is 18.7 Å². The molecule has 3 aromatic heterocycles.